The van der Waals surface area contributed by atoms with Crippen LogP contribution >= 0.6 is 11.3 Å². The molecule has 0 spiro atoms. The van der Waals surface area contributed by atoms with Gasteiger partial charge in [0.15, 0.2) is 11.4 Å². The van der Waals surface area contributed by atoms with Crippen molar-refractivity contribution < 1.29 is 14.7 Å². The fraction of sp³-hybridized carbons (Fsp3) is 0.304. The van der Waals surface area contributed by atoms with E-state index in [1.54, 1.807) is 10.7 Å². The van der Waals surface area contributed by atoms with Crippen molar-refractivity contribution in [3.8, 4) is 10.6 Å². The number of aliphatic hydroxyl groups excluding tert-OH is 1. The lowest BCUT2D eigenvalue weighted by atomic mass is 10.1. The Hall–Kier alpha value is -3.30. The molecule has 32 heavy (non-hydrogen) atoms. The largest absolute Gasteiger partial charge is 0.396 e. The molecule has 0 atom stereocenters. The zero-order valence-electron chi connectivity index (χ0n) is 17.4. The van der Waals surface area contributed by atoms with Crippen molar-refractivity contribution in [3.63, 3.8) is 0 Å². The predicted molar refractivity (Wildman–Crippen MR) is 123 cm³/mol. The first kappa shape index (κ1) is 20.6. The monoisotopic (exact) mass is 449 g/mol. The number of fused-ring (bicyclic) bond motifs is 1. The summed E-state index contributed by atoms with van der Waals surface area (Å²) in [6, 6.07) is 6.11. The summed E-state index contributed by atoms with van der Waals surface area (Å²) in [6.45, 7) is 3.92. The summed E-state index contributed by atoms with van der Waals surface area (Å²) < 4.78 is 1.78. The molecule has 5 rings (SSSR count). The minimum Gasteiger partial charge on any atom is -0.396 e. The van der Waals surface area contributed by atoms with Gasteiger partial charge >= 0.3 is 0 Å². The number of rotatable bonds is 8. The molecule has 9 heteroatoms. The summed E-state index contributed by atoms with van der Waals surface area (Å²) in [5.41, 5.74) is 3.65. The molecule has 3 aromatic rings. The van der Waals surface area contributed by atoms with Crippen molar-refractivity contribution in [1.82, 2.24) is 19.9 Å². The number of carbonyl (C=O) groups is 2. The van der Waals surface area contributed by atoms with E-state index in [0.717, 1.165) is 40.4 Å². The van der Waals surface area contributed by atoms with Gasteiger partial charge in [-0.05, 0) is 43.0 Å². The number of nitrogens with zero attached hydrogens (tertiary/aromatic N) is 3. The summed E-state index contributed by atoms with van der Waals surface area (Å²) in [6.07, 6.45) is 6.95. The maximum atomic E-state index is 12.3. The molecule has 1 saturated heterocycles. The fourth-order valence-electron chi connectivity index (χ4n) is 3.63. The molecule has 1 aliphatic carbocycles. The van der Waals surface area contributed by atoms with Gasteiger partial charge in [-0.2, -0.15) is 9.61 Å². The Morgan fingerprint density at radius 3 is 2.97 bits per heavy atom. The Morgan fingerprint density at radius 2 is 2.25 bits per heavy atom. The predicted octanol–water partition coefficient (Wildman–Crippen LogP) is 3.40. The fourth-order valence-corrected chi connectivity index (χ4v) is 4.57. The summed E-state index contributed by atoms with van der Waals surface area (Å²) in [5, 5.41) is 19.8. The molecule has 164 valence electrons. The topological polar surface area (TPSA) is 109 Å². The van der Waals surface area contributed by atoms with Crippen LogP contribution in [0, 0.1) is 0 Å². The lowest BCUT2D eigenvalue weighted by Gasteiger charge is -2.09. The van der Waals surface area contributed by atoms with Crippen LogP contribution in [0.1, 0.15) is 47.3 Å². The normalized spacial score (nSPS) is 17.3. The summed E-state index contributed by atoms with van der Waals surface area (Å²) in [4.78, 5) is 30.5. The van der Waals surface area contributed by atoms with Crippen LogP contribution in [0.4, 0.5) is 5.82 Å². The first-order chi connectivity index (χ1) is 15.5. The molecular formula is C23H23N5O3S. The van der Waals surface area contributed by atoms with Gasteiger partial charge in [0.2, 0.25) is 5.91 Å². The molecule has 8 nitrogen and oxygen atoms in total. The zero-order valence-corrected chi connectivity index (χ0v) is 18.2. The van der Waals surface area contributed by atoms with Gasteiger partial charge in [-0.25, -0.2) is 4.98 Å². The van der Waals surface area contributed by atoms with E-state index >= 15 is 0 Å². The van der Waals surface area contributed by atoms with Gasteiger partial charge in [-0.3, -0.25) is 9.59 Å². The number of Topliss-reactive ketones (excluding diaryl/α,β-unsaturated/α-hetero) is 1. The highest BCUT2D eigenvalue weighted by molar-refractivity contribution is 7.17. The quantitative estimate of drug-likeness (QED) is 0.455. The average molecular weight is 450 g/mol. The van der Waals surface area contributed by atoms with E-state index in [-0.39, 0.29) is 24.7 Å². The minimum absolute atomic E-state index is 0.00538. The lowest BCUT2D eigenvalue weighted by Crippen LogP contribution is -2.10. The van der Waals surface area contributed by atoms with Crippen LogP contribution < -0.4 is 10.6 Å². The van der Waals surface area contributed by atoms with Crippen LogP contribution in [0.15, 0.2) is 42.2 Å². The molecule has 0 radical (unpaired) electrons. The van der Waals surface area contributed by atoms with Crippen LogP contribution in [0.3, 0.4) is 0 Å². The molecule has 1 aliphatic heterocycles. The first-order valence-corrected chi connectivity index (χ1v) is 11.4. The number of aromatic nitrogens is 3. The summed E-state index contributed by atoms with van der Waals surface area (Å²) >= 11 is 1.40. The summed E-state index contributed by atoms with van der Waals surface area (Å²) in [5.74, 6) is 0.803. The van der Waals surface area contributed by atoms with Gasteiger partial charge in [-0.15, -0.1) is 11.3 Å². The third kappa shape index (κ3) is 4.09. The van der Waals surface area contributed by atoms with E-state index in [1.807, 2.05) is 24.3 Å². The Balaban J connectivity index is 1.55. The standard InChI is InChI=1S/C23H23N5O3S/c1-13-14(10-22(31)25-13)9-15-12-24-28-21(26-16-4-5-16)11-17(27-23(15)28)19-6-7-20(32-19)18(30)3-2-8-29/h6-7,9,11-12,16,26,29H,1-5,8,10H2,(H,25,31)/b14-9+. The van der Waals surface area contributed by atoms with E-state index in [0.29, 0.717) is 35.1 Å². The van der Waals surface area contributed by atoms with E-state index < -0.39 is 0 Å². The van der Waals surface area contributed by atoms with Crippen molar-refractivity contribution in [2.45, 2.75) is 38.1 Å². The number of anilines is 1. The SMILES string of the molecule is C=C1NC(=O)C/C1=C\c1cnn2c(NC3CC3)cc(-c3ccc(C(=O)CCCO)s3)nc12. The van der Waals surface area contributed by atoms with Crippen LogP contribution in [-0.2, 0) is 4.79 Å². The van der Waals surface area contributed by atoms with Gasteiger partial charge in [-0.1, -0.05) is 6.58 Å². The van der Waals surface area contributed by atoms with Gasteiger partial charge in [0.05, 0.1) is 28.1 Å². The third-order valence-electron chi connectivity index (χ3n) is 5.48. The van der Waals surface area contributed by atoms with E-state index in [4.69, 9.17) is 10.1 Å². The zero-order chi connectivity index (χ0) is 22.2. The van der Waals surface area contributed by atoms with Gasteiger partial charge in [0, 0.05) is 36.4 Å². The molecule has 3 aromatic heterocycles. The van der Waals surface area contributed by atoms with Crippen molar-refractivity contribution in [2.75, 3.05) is 11.9 Å². The Kier molecular flexibility index (Phi) is 5.36. The van der Waals surface area contributed by atoms with Gasteiger partial charge in [0.25, 0.3) is 0 Å². The number of ketones is 1. The maximum absolute atomic E-state index is 12.3. The highest BCUT2D eigenvalue weighted by Gasteiger charge is 2.24. The number of allylic oxidation sites excluding steroid dienone is 1. The maximum Gasteiger partial charge on any atom is 0.228 e. The molecule has 4 heterocycles. The molecule has 2 aliphatic rings. The molecule has 0 unspecified atom stereocenters. The van der Waals surface area contributed by atoms with Crippen LogP contribution in [0.5, 0.6) is 0 Å². The van der Waals surface area contributed by atoms with Crippen molar-refractivity contribution in [2.24, 2.45) is 0 Å². The van der Waals surface area contributed by atoms with Crippen molar-refractivity contribution in [3.05, 3.63) is 52.7 Å². The highest BCUT2D eigenvalue weighted by atomic mass is 32.1. The van der Waals surface area contributed by atoms with E-state index in [9.17, 15) is 9.59 Å². The van der Waals surface area contributed by atoms with E-state index in [1.165, 1.54) is 11.3 Å². The number of aliphatic hydroxyl groups is 1. The van der Waals surface area contributed by atoms with Gasteiger partial charge < -0.3 is 15.7 Å². The number of thiophene rings is 1. The Labute approximate surface area is 188 Å². The molecule has 3 N–H and O–H groups in total. The Bertz CT molecular complexity index is 1270. The number of carbonyl (C=O) groups excluding carboxylic acids is 2. The minimum atomic E-state index is -0.0700. The second-order valence-corrected chi connectivity index (χ2v) is 9.15. The second kappa shape index (κ2) is 8.33. The van der Waals surface area contributed by atoms with E-state index in [2.05, 4.69) is 22.3 Å². The van der Waals surface area contributed by atoms with Gasteiger partial charge in [0.1, 0.15) is 5.82 Å². The van der Waals surface area contributed by atoms with Crippen LogP contribution in [0.25, 0.3) is 22.3 Å². The number of nitrogens with one attached hydrogen (secondary N) is 2. The van der Waals surface area contributed by atoms with Crippen LogP contribution in [0.2, 0.25) is 0 Å². The average Bonchev–Trinajstić information content (AvgIpc) is 3.16. The molecule has 1 saturated carbocycles. The number of hydrogen-bond donors (Lipinski definition) is 3. The molecule has 0 aromatic carbocycles. The van der Waals surface area contributed by atoms with Crippen LogP contribution in [-0.4, -0.2) is 44.0 Å². The third-order valence-corrected chi connectivity index (χ3v) is 6.63. The lowest BCUT2D eigenvalue weighted by molar-refractivity contribution is -0.118. The van der Waals surface area contributed by atoms with Crippen molar-refractivity contribution in [1.29, 1.82) is 0 Å². The number of hydrogen-bond acceptors (Lipinski definition) is 7. The molecule has 0 bridgehead atoms. The second-order valence-electron chi connectivity index (χ2n) is 8.07. The smallest absolute Gasteiger partial charge is 0.228 e. The highest BCUT2D eigenvalue weighted by Crippen LogP contribution is 2.33. The molecule has 1 amide bonds. The summed E-state index contributed by atoms with van der Waals surface area (Å²) in [7, 11) is 0. The van der Waals surface area contributed by atoms with Crippen molar-refractivity contribution >= 4 is 40.6 Å². The molecule has 2 fully saturated rings. The Morgan fingerprint density at radius 1 is 1.41 bits per heavy atom. The first-order valence-electron chi connectivity index (χ1n) is 10.6. The molecular weight excluding hydrogens is 426 g/mol. The number of amides is 1.